The summed E-state index contributed by atoms with van der Waals surface area (Å²) in [6.45, 7) is 5.86. The molecule has 2 rings (SSSR count). The lowest BCUT2D eigenvalue weighted by atomic mass is 9.76. The zero-order chi connectivity index (χ0) is 15.2. The summed E-state index contributed by atoms with van der Waals surface area (Å²) in [6.07, 6.45) is 4.74. The molecule has 0 amide bonds. The Morgan fingerprint density at radius 2 is 2.05 bits per heavy atom. The van der Waals surface area contributed by atoms with Crippen molar-refractivity contribution in [2.75, 3.05) is 6.26 Å². The molecular weight excluding hydrogens is 280 g/mol. The van der Waals surface area contributed by atoms with Crippen LogP contribution in [0.4, 0.5) is 0 Å². The molecule has 5 nitrogen and oxygen atoms in total. The quantitative estimate of drug-likeness (QED) is 0.786. The number of hydrogen-bond donors (Lipinski definition) is 1. The third-order valence-electron chi connectivity index (χ3n) is 4.83. The Morgan fingerprint density at radius 3 is 2.60 bits per heavy atom. The summed E-state index contributed by atoms with van der Waals surface area (Å²) in [7, 11) is -3.57. The molecular formula is C14H26O5S. The number of hydrogen-bond acceptors (Lipinski definition) is 5. The highest BCUT2D eigenvalue weighted by Gasteiger charge is 2.66. The molecule has 2 heterocycles. The highest BCUT2D eigenvalue weighted by Crippen LogP contribution is 2.56. The van der Waals surface area contributed by atoms with Gasteiger partial charge in [-0.25, -0.2) is 0 Å². The van der Waals surface area contributed by atoms with Gasteiger partial charge < -0.3 is 9.84 Å². The Balaban J connectivity index is 2.31. The zero-order valence-electron chi connectivity index (χ0n) is 12.8. The van der Waals surface area contributed by atoms with E-state index >= 15 is 0 Å². The van der Waals surface area contributed by atoms with Crippen LogP contribution in [-0.4, -0.2) is 42.7 Å². The fraction of sp³-hybridized carbons (Fsp3) is 1.00. The van der Waals surface area contributed by atoms with E-state index in [9.17, 15) is 13.5 Å². The summed E-state index contributed by atoms with van der Waals surface area (Å²) < 4.78 is 34.2. The molecule has 20 heavy (non-hydrogen) atoms. The Labute approximate surface area is 121 Å². The van der Waals surface area contributed by atoms with Crippen LogP contribution >= 0.6 is 0 Å². The molecule has 118 valence electrons. The molecule has 0 aliphatic carbocycles. The van der Waals surface area contributed by atoms with E-state index in [0.717, 1.165) is 19.1 Å². The van der Waals surface area contributed by atoms with Gasteiger partial charge in [0.1, 0.15) is 11.7 Å². The van der Waals surface area contributed by atoms with E-state index < -0.39 is 27.4 Å². The summed E-state index contributed by atoms with van der Waals surface area (Å²) in [5.74, 6) is 0. The molecule has 2 bridgehead atoms. The first-order chi connectivity index (χ1) is 9.04. The van der Waals surface area contributed by atoms with Crippen LogP contribution in [0.2, 0.25) is 0 Å². The molecule has 2 saturated heterocycles. The molecule has 0 radical (unpaired) electrons. The second-order valence-corrected chi connectivity index (χ2v) is 8.40. The van der Waals surface area contributed by atoms with E-state index in [2.05, 4.69) is 6.92 Å². The molecule has 6 heteroatoms. The minimum Gasteiger partial charge on any atom is -0.387 e. The maximum absolute atomic E-state index is 11.5. The Kier molecular flexibility index (Phi) is 4.00. The van der Waals surface area contributed by atoms with Crippen LogP contribution in [0.15, 0.2) is 0 Å². The molecule has 0 aromatic heterocycles. The van der Waals surface area contributed by atoms with Crippen molar-refractivity contribution in [1.29, 1.82) is 0 Å². The normalized spacial score (nSPS) is 44.8. The van der Waals surface area contributed by atoms with E-state index in [1.54, 1.807) is 6.92 Å². The van der Waals surface area contributed by atoms with Gasteiger partial charge in [-0.05, 0) is 33.1 Å². The van der Waals surface area contributed by atoms with Crippen molar-refractivity contribution in [3.63, 3.8) is 0 Å². The van der Waals surface area contributed by atoms with Gasteiger partial charge in [0.15, 0.2) is 0 Å². The average molecular weight is 306 g/mol. The third-order valence-corrected chi connectivity index (χ3v) is 5.42. The Bertz CT molecular complexity index is 476. The van der Waals surface area contributed by atoms with Gasteiger partial charge >= 0.3 is 0 Å². The molecule has 2 fully saturated rings. The van der Waals surface area contributed by atoms with Gasteiger partial charge in [-0.1, -0.05) is 19.8 Å². The molecule has 0 unspecified atom stereocenters. The second-order valence-electron chi connectivity index (χ2n) is 6.80. The minimum absolute atomic E-state index is 0.380. The van der Waals surface area contributed by atoms with Crippen LogP contribution in [0.25, 0.3) is 0 Å². The predicted molar refractivity (Wildman–Crippen MR) is 75.9 cm³/mol. The molecule has 4 atom stereocenters. The fourth-order valence-electron chi connectivity index (χ4n) is 3.81. The lowest BCUT2D eigenvalue weighted by molar-refractivity contribution is -0.213. The van der Waals surface area contributed by atoms with Crippen LogP contribution in [0.1, 0.15) is 59.3 Å². The van der Waals surface area contributed by atoms with Crippen molar-refractivity contribution in [2.24, 2.45) is 0 Å². The van der Waals surface area contributed by atoms with Gasteiger partial charge in [-0.15, -0.1) is 0 Å². The first-order valence-corrected chi connectivity index (χ1v) is 9.16. The van der Waals surface area contributed by atoms with E-state index in [-0.39, 0.29) is 5.60 Å². The SMILES string of the molecule is CCCC[C@]1(O)C[C@@]2(C)CC[C@H](OS(C)(=O)=O)[C@]1(C)O2. The minimum atomic E-state index is -3.57. The lowest BCUT2D eigenvalue weighted by Crippen LogP contribution is -2.58. The van der Waals surface area contributed by atoms with Crippen molar-refractivity contribution < 1.29 is 22.4 Å². The molecule has 0 spiro atoms. The standard InChI is InChI=1S/C14H26O5S/c1-5-6-8-14(15)10-12(2)9-7-11(13(14,3)19-12)18-20(4,16)17/h11,15H,5-10H2,1-4H3/t11-,12+,13-,14-/m0/s1. The van der Waals surface area contributed by atoms with Crippen molar-refractivity contribution in [3.8, 4) is 0 Å². The summed E-state index contributed by atoms with van der Waals surface area (Å²) in [5, 5.41) is 11.1. The smallest absolute Gasteiger partial charge is 0.264 e. The van der Waals surface area contributed by atoms with Crippen molar-refractivity contribution in [1.82, 2.24) is 0 Å². The zero-order valence-corrected chi connectivity index (χ0v) is 13.6. The van der Waals surface area contributed by atoms with Crippen LogP contribution in [-0.2, 0) is 19.0 Å². The monoisotopic (exact) mass is 306 g/mol. The summed E-state index contributed by atoms with van der Waals surface area (Å²) in [4.78, 5) is 0. The number of aliphatic hydroxyl groups is 1. The van der Waals surface area contributed by atoms with E-state index in [4.69, 9.17) is 8.92 Å². The summed E-state index contributed by atoms with van der Waals surface area (Å²) in [6, 6.07) is 0. The van der Waals surface area contributed by atoms with Gasteiger partial charge in [0.25, 0.3) is 10.1 Å². The number of unbranched alkanes of at least 4 members (excludes halogenated alkanes) is 1. The molecule has 1 N–H and O–H groups in total. The molecule has 2 aliphatic heterocycles. The molecule has 0 aromatic carbocycles. The van der Waals surface area contributed by atoms with E-state index in [1.165, 1.54) is 0 Å². The van der Waals surface area contributed by atoms with Gasteiger partial charge in [0, 0.05) is 6.42 Å². The average Bonchev–Trinajstić information content (AvgIpc) is 2.45. The Morgan fingerprint density at radius 1 is 1.40 bits per heavy atom. The van der Waals surface area contributed by atoms with Gasteiger partial charge in [0.2, 0.25) is 0 Å². The highest BCUT2D eigenvalue weighted by molar-refractivity contribution is 7.86. The van der Waals surface area contributed by atoms with Crippen LogP contribution in [0, 0.1) is 0 Å². The van der Waals surface area contributed by atoms with E-state index in [1.807, 2.05) is 6.92 Å². The molecule has 2 aliphatic rings. The maximum Gasteiger partial charge on any atom is 0.264 e. The number of ether oxygens (including phenoxy) is 1. The summed E-state index contributed by atoms with van der Waals surface area (Å²) in [5.41, 5.74) is -2.36. The van der Waals surface area contributed by atoms with Gasteiger partial charge in [0.05, 0.1) is 17.5 Å². The summed E-state index contributed by atoms with van der Waals surface area (Å²) >= 11 is 0. The van der Waals surface area contributed by atoms with Crippen molar-refractivity contribution >= 4 is 10.1 Å². The largest absolute Gasteiger partial charge is 0.387 e. The van der Waals surface area contributed by atoms with E-state index in [0.29, 0.717) is 25.7 Å². The van der Waals surface area contributed by atoms with Crippen molar-refractivity contribution in [2.45, 2.75) is 82.2 Å². The van der Waals surface area contributed by atoms with Gasteiger partial charge in [-0.3, -0.25) is 4.18 Å². The third kappa shape index (κ3) is 2.75. The Hall–Kier alpha value is -0.170. The predicted octanol–water partition coefficient (Wildman–Crippen LogP) is 1.98. The van der Waals surface area contributed by atoms with Gasteiger partial charge in [-0.2, -0.15) is 8.42 Å². The second kappa shape index (κ2) is 4.93. The first-order valence-electron chi connectivity index (χ1n) is 7.34. The topological polar surface area (TPSA) is 72.8 Å². The number of rotatable bonds is 5. The van der Waals surface area contributed by atoms with Crippen molar-refractivity contribution in [3.05, 3.63) is 0 Å². The van der Waals surface area contributed by atoms with Crippen LogP contribution < -0.4 is 0 Å². The van der Waals surface area contributed by atoms with Crippen LogP contribution in [0.5, 0.6) is 0 Å². The maximum atomic E-state index is 11.5. The molecule has 0 aromatic rings. The van der Waals surface area contributed by atoms with Crippen LogP contribution in [0.3, 0.4) is 0 Å². The first kappa shape index (κ1) is 16.2. The number of fused-ring (bicyclic) bond motifs is 2. The molecule has 0 saturated carbocycles. The fourth-order valence-corrected chi connectivity index (χ4v) is 4.51. The lowest BCUT2D eigenvalue weighted by Gasteiger charge is -2.45. The highest BCUT2D eigenvalue weighted by atomic mass is 32.2.